The van der Waals surface area contributed by atoms with Crippen LogP contribution < -0.4 is 5.32 Å². The van der Waals surface area contributed by atoms with E-state index in [1.54, 1.807) is 11.3 Å². The maximum Gasteiger partial charge on any atom is 0.119 e. The van der Waals surface area contributed by atoms with Gasteiger partial charge in [0.2, 0.25) is 0 Å². The van der Waals surface area contributed by atoms with Crippen molar-refractivity contribution in [3.05, 3.63) is 41.0 Å². The molecule has 0 saturated heterocycles. The first kappa shape index (κ1) is 14.7. The van der Waals surface area contributed by atoms with E-state index in [-0.39, 0.29) is 0 Å². The fourth-order valence-electron chi connectivity index (χ4n) is 2.23. The zero-order valence-corrected chi connectivity index (χ0v) is 13.3. The molecule has 3 rings (SSSR count). The lowest BCUT2D eigenvalue weighted by Gasteiger charge is -2.03. The lowest BCUT2D eigenvalue weighted by atomic mass is 10.1. The number of nitrogens with one attached hydrogen (secondary N) is 1. The van der Waals surface area contributed by atoms with E-state index in [0.29, 0.717) is 12.6 Å². The summed E-state index contributed by atoms with van der Waals surface area (Å²) in [5.74, 6) is 0. The van der Waals surface area contributed by atoms with Crippen LogP contribution in [0.2, 0.25) is 0 Å². The third-order valence-electron chi connectivity index (χ3n) is 3.49. The molecule has 2 aromatic rings. The predicted octanol–water partition coefficient (Wildman–Crippen LogP) is 3.99. The summed E-state index contributed by atoms with van der Waals surface area (Å²) >= 11 is 1.76. The summed E-state index contributed by atoms with van der Waals surface area (Å²) in [7, 11) is 0. The monoisotopic (exact) mass is 302 g/mol. The van der Waals surface area contributed by atoms with Gasteiger partial charge >= 0.3 is 0 Å². The fraction of sp³-hybridized carbons (Fsp3) is 0.471. The van der Waals surface area contributed by atoms with Gasteiger partial charge < -0.3 is 10.1 Å². The Morgan fingerprint density at radius 3 is 2.81 bits per heavy atom. The molecule has 1 aromatic carbocycles. The zero-order chi connectivity index (χ0) is 14.5. The second-order valence-corrected chi connectivity index (χ2v) is 6.54. The lowest BCUT2D eigenvalue weighted by Crippen LogP contribution is -2.16. The Kier molecular flexibility index (Phi) is 5.01. The van der Waals surface area contributed by atoms with E-state index in [9.17, 15) is 0 Å². The van der Waals surface area contributed by atoms with Gasteiger partial charge in [0.05, 0.1) is 17.2 Å². The van der Waals surface area contributed by atoms with Crippen LogP contribution in [0.5, 0.6) is 0 Å². The van der Waals surface area contributed by atoms with Gasteiger partial charge in [-0.3, -0.25) is 0 Å². The van der Waals surface area contributed by atoms with E-state index in [1.807, 2.05) is 0 Å². The van der Waals surface area contributed by atoms with Crippen molar-refractivity contribution in [3.8, 4) is 10.4 Å². The summed E-state index contributed by atoms with van der Waals surface area (Å²) < 4.78 is 5.64. The summed E-state index contributed by atoms with van der Waals surface area (Å²) in [6.07, 6.45) is 3.65. The van der Waals surface area contributed by atoms with E-state index in [4.69, 9.17) is 9.72 Å². The Balaban J connectivity index is 1.77. The van der Waals surface area contributed by atoms with E-state index in [1.165, 1.54) is 23.3 Å². The van der Waals surface area contributed by atoms with Gasteiger partial charge in [-0.25, -0.2) is 4.98 Å². The molecule has 112 valence electrons. The van der Waals surface area contributed by atoms with Gasteiger partial charge in [-0.1, -0.05) is 37.3 Å². The molecule has 0 atom stereocenters. The molecule has 1 aromatic heterocycles. The Hall–Kier alpha value is -1.23. The van der Waals surface area contributed by atoms with Gasteiger partial charge in [0.15, 0.2) is 0 Å². The normalized spacial score (nSPS) is 14.5. The molecular formula is C17H22N2OS. The Morgan fingerprint density at radius 2 is 2.10 bits per heavy atom. The molecule has 21 heavy (non-hydrogen) atoms. The van der Waals surface area contributed by atoms with E-state index in [2.05, 4.69) is 42.6 Å². The number of aromatic nitrogens is 1. The highest BCUT2D eigenvalue weighted by atomic mass is 32.1. The second-order valence-electron chi connectivity index (χ2n) is 5.46. The van der Waals surface area contributed by atoms with Gasteiger partial charge in [0.1, 0.15) is 5.01 Å². The Labute approximate surface area is 130 Å². The molecule has 4 heteroatoms. The van der Waals surface area contributed by atoms with Crippen molar-refractivity contribution in [3.63, 3.8) is 0 Å². The topological polar surface area (TPSA) is 34.1 Å². The second kappa shape index (κ2) is 7.16. The predicted molar refractivity (Wildman–Crippen MR) is 87.4 cm³/mol. The molecule has 0 unspecified atom stereocenters. The maximum absolute atomic E-state index is 5.64. The number of nitrogens with zero attached hydrogens (tertiary/aromatic N) is 1. The van der Waals surface area contributed by atoms with Gasteiger partial charge in [-0.15, -0.1) is 11.3 Å². The van der Waals surface area contributed by atoms with Gasteiger partial charge in [-0.05, 0) is 24.8 Å². The molecule has 3 nitrogen and oxygen atoms in total. The highest BCUT2D eigenvalue weighted by molar-refractivity contribution is 7.15. The third-order valence-corrected chi connectivity index (χ3v) is 4.61. The number of hydrogen-bond acceptors (Lipinski definition) is 4. The van der Waals surface area contributed by atoms with Gasteiger partial charge in [0.25, 0.3) is 0 Å². The molecule has 0 aliphatic heterocycles. The van der Waals surface area contributed by atoms with Crippen LogP contribution in [0.4, 0.5) is 0 Å². The number of hydrogen-bond donors (Lipinski definition) is 1. The van der Waals surface area contributed by atoms with Crippen molar-refractivity contribution in [2.45, 2.75) is 45.4 Å². The minimum atomic E-state index is 0.627. The lowest BCUT2D eigenvalue weighted by molar-refractivity contribution is 0.121. The van der Waals surface area contributed by atoms with Crippen molar-refractivity contribution in [2.24, 2.45) is 0 Å². The highest BCUT2D eigenvalue weighted by Crippen LogP contribution is 2.31. The molecule has 1 fully saturated rings. The van der Waals surface area contributed by atoms with E-state index < -0.39 is 0 Å². The summed E-state index contributed by atoms with van der Waals surface area (Å²) in [5.41, 5.74) is 2.41. The summed E-state index contributed by atoms with van der Waals surface area (Å²) in [4.78, 5) is 6.07. The van der Waals surface area contributed by atoms with Crippen LogP contribution >= 0.6 is 11.3 Å². The van der Waals surface area contributed by atoms with Crippen LogP contribution in [0, 0.1) is 0 Å². The molecule has 0 bridgehead atoms. The summed E-state index contributed by atoms with van der Waals surface area (Å²) in [5, 5.41) is 4.65. The van der Waals surface area contributed by atoms with Gasteiger partial charge in [0, 0.05) is 19.2 Å². The molecule has 0 amide bonds. The first-order valence-electron chi connectivity index (χ1n) is 7.72. The van der Waals surface area contributed by atoms with Crippen molar-refractivity contribution in [2.75, 3.05) is 6.61 Å². The third kappa shape index (κ3) is 4.13. The Morgan fingerprint density at radius 1 is 1.29 bits per heavy atom. The fourth-order valence-corrected chi connectivity index (χ4v) is 3.25. The first-order chi connectivity index (χ1) is 10.4. The van der Waals surface area contributed by atoms with Crippen molar-refractivity contribution < 1.29 is 4.74 Å². The smallest absolute Gasteiger partial charge is 0.119 e. The highest BCUT2D eigenvalue weighted by Gasteiger charge is 2.22. The van der Waals surface area contributed by atoms with Crippen molar-refractivity contribution in [1.82, 2.24) is 10.3 Å². The molecule has 1 aliphatic carbocycles. The molecule has 1 heterocycles. The number of ether oxygens (including phenoxy) is 1. The molecule has 1 saturated carbocycles. The first-order valence-corrected chi connectivity index (χ1v) is 8.53. The summed E-state index contributed by atoms with van der Waals surface area (Å²) in [6.45, 7) is 4.42. The summed E-state index contributed by atoms with van der Waals surface area (Å²) in [6, 6.07) is 11.2. The molecule has 0 radical (unpaired) electrons. The standard InChI is InChI=1S/C17H22N2OS/c1-2-10-20-12-16-19-15(11-18-14-8-9-14)17(21-16)13-6-4-3-5-7-13/h3-7,14,18H,2,8-12H2,1H3. The maximum atomic E-state index is 5.64. The largest absolute Gasteiger partial charge is 0.374 e. The van der Waals surface area contributed by atoms with Crippen LogP contribution in [0.25, 0.3) is 10.4 Å². The average molecular weight is 302 g/mol. The Bertz CT molecular complexity index is 563. The van der Waals surface area contributed by atoms with Crippen molar-refractivity contribution >= 4 is 11.3 Å². The van der Waals surface area contributed by atoms with Gasteiger partial charge in [-0.2, -0.15) is 0 Å². The van der Waals surface area contributed by atoms with E-state index in [0.717, 1.165) is 30.3 Å². The van der Waals surface area contributed by atoms with Crippen LogP contribution in [0.3, 0.4) is 0 Å². The SMILES string of the molecule is CCCOCc1nc(CNC2CC2)c(-c2ccccc2)s1. The van der Waals surface area contributed by atoms with E-state index >= 15 is 0 Å². The quantitative estimate of drug-likeness (QED) is 0.749. The van der Waals surface area contributed by atoms with Crippen LogP contribution in [-0.2, 0) is 17.9 Å². The molecule has 1 aliphatic rings. The van der Waals surface area contributed by atoms with Crippen molar-refractivity contribution in [1.29, 1.82) is 0 Å². The van der Waals surface area contributed by atoms with Crippen LogP contribution in [-0.4, -0.2) is 17.6 Å². The van der Waals surface area contributed by atoms with Crippen LogP contribution in [0.1, 0.15) is 36.9 Å². The van der Waals surface area contributed by atoms with Crippen LogP contribution in [0.15, 0.2) is 30.3 Å². The minimum absolute atomic E-state index is 0.627. The zero-order valence-electron chi connectivity index (χ0n) is 12.5. The molecular weight excluding hydrogens is 280 g/mol. The molecule has 1 N–H and O–H groups in total. The number of thiazole rings is 1. The number of benzene rings is 1. The average Bonchev–Trinajstić information content (AvgIpc) is 3.26. The number of rotatable bonds is 8. The minimum Gasteiger partial charge on any atom is -0.374 e. The molecule has 0 spiro atoms.